The van der Waals surface area contributed by atoms with Crippen LogP contribution in [0.2, 0.25) is 10.0 Å². The highest BCUT2D eigenvalue weighted by atomic mass is 35.5. The van der Waals surface area contributed by atoms with Gasteiger partial charge in [0.25, 0.3) is 5.91 Å². The van der Waals surface area contributed by atoms with E-state index in [0.717, 1.165) is 60.3 Å². The molecule has 1 aliphatic carbocycles. The average molecular weight is 483 g/mol. The number of fused-ring (bicyclic) bond motifs is 1. The standard InChI is InChI=1S/C28H32Cl2N2O/c1-2-15-32(19-23-18-25(23)24-10-7-11-26(29)27(24)30)16-6-5-14-31-28(33)22-13-12-20-8-3-4-9-21(20)17-22/h3-4,7-13,17,23,25H,2,5-6,14-16,18-19H2,1H3,(H,31,33)/t23-,25+/m0/s1. The Bertz CT molecular complexity index is 1100. The highest BCUT2D eigenvalue weighted by Crippen LogP contribution is 2.50. The maximum absolute atomic E-state index is 12.5. The van der Waals surface area contributed by atoms with E-state index in [9.17, 15) is 4.79 Å². The molecular weight excluding hydrogens is 451 g/mol. The first-order chi connectivity index (χ1) is 16.1. The smallest absolute Gasteiger partial charge is 0.251 e. The lowest BCUT2D eigenvalue weighted by Crippen LogP contribution is -2.29. The van der Waals surface area contributed by atoms with Gasteiger partial charge in [0.15, 0.2) is 0 Å². The van der Waals surface area contributed by atoms with E-state index in [4.69, 9.17) is 23.2 Å². The number of unbranched alkanes of at least 4 members (excludes halogenated alkanes) is 1. The molecule has 2 atom stereocenters. The van der Waals surface area contributed by atoms with Crippen LogP contribution in [0.1, 0.15) is 54.4 Å². The fourth-order valence-electron chi connectivity index (χ4n) is 4.67. The molecule has 1 aliphatic rings. The molecule has 0 radical (unpaired) electrons. The van der Waals surface area contributed by atoms with Crippen molar-refractivity contribution in [3.63, 3.8) is 0 Å². The molecule has 3 nitrogen and oxygen atoms in total. The third-order valence-corrected chi connectivity index (χ3v) is 7.37. The molecule has 174 valence electrons. The lowest BCUT2D eigenvalue weighted by atomic mass is 10.1. The van der Waals surface area contributed by atoms with E-state index in [0.29, 0.717) is 23.4 Å². The van der Waals surface area contributed by atoms with Crippen LogP contribution in [0.4, 0.5) is 0 Å². The van der Waals surface area contributed by atoms with Gasteiger partial charge < -0.3 is 10.2 Å². The number of carbonyl (C=O) groups excluding carboxylic acids is 1. The number of amides is 1. The predicted molar refractivity (Wildman–Crippen MR) is 140 cm³/mol. The summed E-state index contributed by atoms with van der Waals surface area (Å²) in [5, 5.41) is 6.69. The predicted octanol–water partition coefficient (Wildman–Crippen LogP) is 7.17. The van der Waals surface area contributed by atoms with E-state index in [1.807, 2.05) is 48.5 Å². The fraction of sp³-hybridized carbons (Fsp3) is 0.393. The van der Waals surface area contributed by atoms with Crippen molar-refractivity contribution in [3.8, 4) is 0 Å². The van der Waals surface area contributed by atoms with Crippen LogP contribution in [-0.4, -0.2) is 37.0 Å². The van der Waals surface area contributed by atoms with Gasteiger partial charge in [-0.2, -0.15) is 0 Å². The van der Waals surface area contributed by atoms with Gasteiger partial charge in [0.1, 0.15) is 0 Å². The molecule has 5 heteroatoms. The van der Waals surface area contributed by atoms with Crippen LogP contribution in [0.15, 0.2) is 60.7 Å². The Morgan fingerprint density at radius 2 is 1.82 bits per heavy atom. The van der Waals surface area contributed by atoms with Gasteiger partial charge >= 0.3 is 0 Å². The molecule has 0 aromatic heterocycles. The first-order valence-electron chi connectivity index (χ1n) is 12.0. The molecule has 3 aromatic rings. The summed E-state index contributed by atoms with van der Waals surface area (Å²) in [6, 6.07) is 20.0. The van der Waals surface area contributed by atoms with E-state index >= 15 is 0 Å². The first-order valence-corrected chi connectivity index (χ1v) is 12.8. The molecule has 1 amide bonds. The summed E-state index contributed by atoms with van der Waals surface area (Å²) in [7, 11) is 0. The molecule has 1 fully saturated rings. The van der Waals surface area contributed by atoms with Crippen molar-refractivity contribution in [3.05, 3.63) is 81.8 Å². The quantitative estimate of drug-likeness (QED) is 0.293. The highest BCUT2D eigenvalue weighted by Gasteiger charge is 2.40. The Hall–Kier alpha value is -2.07. The topological polar surface area (TPSA) is 32.3 Å². The Morgan fingerprint density at radius 1 is 1.00 bits per heavy atom. The Balaban J connectivity index is 1.20. The Labute approximate surface area is 207 Å². The molecule has 1 saturated carbocycles. The third kappa shape index (κ3) is 6.29. The lowest BCUT2D eigenvalue weighted by Gasteiger charge is -2.22. The van der Waals surface area contributed by atoms with Gasteiger partial charge in [-0.15, -0.1) is 0 Å². The number of halogens is 2. The van der Waals surface area contributed by atoms with Gasteiger partial charge in [0, 0.05) is 18.7 Å². The number of benzene rings is 3. The van der Waals surface area contributed by atoms with E-state index in [2.05, 4.69) is 29.3 Å². The SMILES string of the molecule is CCCN(CCCCNC(=O)c1ccc2ccccc2c1)C[C@@H]1C[C@H]1c1cccc(Cl)c1Cl. The second-order valence-electron chi connectivity index (χ2n) is 9.07. The normalized spacial score (nSPS) is 17.5. The summed E-state index contributed by atoms with van der Waals surface area (Å²) in [6.45, 7) is 6.21. The van der Waals surface area contributed by atoms with Crippen LogP contribution in [0, 0.1) is 5.92 Å². The summed E-state index contributed by atoms with van der Waals surface area (Å²) in [4.78, 5) is 15.1. The summed E-state index contributed by atoms with van der Waals surface area (Å²) in [5.74, 6) is 1.18. The van der Waals surface area contributed by atoms with Crippen LogP contribution in [-0.2, 0) is 0 Å². The molecule has 0 aliphatic heterocycles. The summed E-state index contributed by atoms with van der Waals surface area (Å²) >= 11 is 12.6. The van der Waals surface area contributed by atoms with Crippen LogP contribution < -0.4 is 5.32 Å². The molecule has 3 aromatic carbocycles. The van der Waals surface area contributed by atoms with Gasteiger partial charge in [-0.05, 0) is 85.1 Å². The maximum Gasteiger partial charge on any atom is 0.251 e. The molecule has 4 rings (SSSR count). The van der Waals surface area contributed by atoms with Crippen molar-refractivity contribution in [2.24, 2.45) is 5.92 Å². The number of nitrogens with zero attached hydrogens (tertiary/aromatic N) is 1. The zero-order valence-electron chi connectivity index (χ0n) is 19.2. The summed E-state index contributed by atoms with van der Waals surface area (Å²) in [5.41, 5.74) is 1.92. The molecule has 1 N–H and O–H groups in total. The molecule has 0 spiro atoms. The largest absolute Gasteiger partial charge is 0.352 e. The lowest BCUT2D eigenvalue weighted by molar-refractivity contribution is 0.0952. The molecule has 0 bridgehead atoms. The van der Waals surface area contributed by atoms with E-state index in [-0.39, 0.29) is 5.91 Å². The van der Waals surface area contributed by atoms with Crippen LogP contribution >= 0.6 is 23.2 Å². The van der Waals surface area contributed by atoms with Gasteiger partial charge in [0.2, 0.25) is 0 Å². The van der Waals surface area contributed by atoms with Crippen LogP contribution in [0.3, 0.4) is 0 Å². The Kier molecular flexibility index (Phi) is 8.29. The second kappa shape index (κ2) is 11.4. The minimum Gasteiger partial charge on any atom is -0.352 e. The van der Waals surface area contributed by atoms with Crippen molar-refractivity contribution in [1.82, 2.24) is 10.2 Å². The molecule has 0 unspecified atom stereocenters. The van der Waals surface area contributed by atoms with Crippen molar-refractivity contribution in [2.45, 2.75) is 38.5 Å². The van der Waals surface area contributed by atoms with Gasteiger partial charge in [-0.3, -0.25) is 4.79 Å². The monoisotopic (exact) mass is 482 g/mol. The first kappa shape index (κ1) is 24.1. The molecular formula is C28H32Cl2N2O. The van der Waals surface area contributed by atoms with E-state index in [1.54, 1.807) is 0 Å². The number of rotatable bonds is 11. The Morgan fingerprint density at radius 3 is 2.64 bits per heavy atom. The van der Waals surface area contributed by atoms with Gasteiger partial charge in [-0.25, -0.2) is 0 Å². The van der Waals surface area contributed by atoms with Crippen molar-refractivity contribution in [2.75, 3.05) is 26.2 Å². The van der Waals surface area contributed by atoms with E-state index in [1.165, 1.54) is 12.0 Å². The summed E-state index contributed by atoms with van der Waals surface area (Å²) in [6.07, 6.45) is 4.39. The average Bonchev–Trinajstić information content (AvgIpc) is 3.59. The number of hydrogen-bond donors (Lipinski definition) is 1. The second-order valence-corrected chi connectivity index (χ2v) is 9.86. The van der Waals surface area contributed by atoms with E-state index < -0.39 is 0 Å². The number of nitrogens with one attached hydrogen (secondary N) is 1. The minimum atomic E-state index is 0.00499. The molecule has 33 heavy (non-hydrogen) atoms. The van der Waals surface area contributed by atoms with Crippen LogP contribution in [0.5, 0.6) is 0 Å². The zero-order valence-corrected chi connectivity index (χ0v) is 20.7. The van der Waals surface area contributed by atoms with Crippen LogP contribution in [0.25, 0.3) is 10.8 Å². The third-order valence-electron chi connectivity index (χ3n) is 6.53. The molecule has 0 saturated heterocycles. The van der Waals surface area contributed by atoms with Crippen molar-refractivity contribution < 1.29 is 4.79 Å². The van der Waals surface area contributed by atoms with Crippen molar-refractivity contribution in [1.29, 1.82) is 0 Å². The molecule has 0 heterocycles. The van der Waals surface area contributed by atoms with Gasteiger partial charge in [-0.1, -0.05) is 72.6 Å². The number of carbonyl (C=O) groups is 1. The zero-order chi connectivity index (χ0) is 23.2. The summed E-state index contributed by atoms with van der Waals surface area (Å²) < 4.78 is 0. The minimum absolute atomic E-state index is 0.00499. The number of hydrogen-bond acceptors (Lipinski definition) is 2. The maximum atomic E-state index is 12.5. The fourth-order valence-corrected chi connectivity index (χ4v) is 5.12. The van der Waals surface area contributed by atoms with Gasteiger partial charge in [0.05, 0.1) is 10.0 Å². The highest BCUT2D eigenvalue weighted by molar-refractivity contribution is 6.42. The van der Waals surface area contributed by atoms with Crippen molar-refractivity contribution >= 4 is 39.9 Å².